The lowest BCUT2D eigenvalue weighted by Gasteiger charge is -1.99. The van der Waals surface area contributed by atoms with E-state index in [1.54, 1.807) is 17.4 Å². The Morgan fingerprint density at radius 3 is 2.62 bits per heavy atom. The molecule has 2 rings (SSSR count). The van der Waals surface area contributed by atoms with Crippen LogP contribution in [0.25, 0.3) is 11.1 Å². The summed E-state index contributed by atoms with van der Waals surface area (Å²) in [6.45, 7) is 0. The molecule has 0 saturated carbocycles. The summed E-state index contributed by atoms with van der Waals surface area (Å²) < 4.78 is 0. The molecule has 1 aromatic heterocycles. The van der Waals surface area contributed by atoms with Crippen LogP contribution >= 0.6 is 22.9 Å². The largest absolute Gasteiger partial charge is 0.508 e. The molecular weight excluding hydrogens is 204 g/mol. The van der Waals surface area contributed by atoms with Gasteiger partial charge in [-0.25, -0.2) is 0 Å². The lowest BCUT2D eigenvalue weighted by molar-refractivity contribution is 0.475. The number of phenols is 1. The van der Waals surface area contributed by atoms with Crippen LogP contribution in [0, 0.1) is 0 Å². The fraction of sp³-hybridized carbons (Fsp3) is 0. The molecule has 0 aliphatic carbocycles. The zero-order valence-electron chi connectivity index (χ0n) is 6.70. The SMILES string of the molecule is Oc1cc(Cl)cc(-c2ccsc2)c1. The monoisotopic (exact) mass is 210 g/mol. The van der Waals surface area contributed by atoms with Crippen LogP contribution in [-0.2, 0) is 0 Å². The van der Waals surface area contributed by atoms with Gasteiger partial charge < -0.3 is 5.11 Å². The maximum absolute atomic E-state index is 9.31. The maximum atomic E-state index is 9.31. The van der Waals surface area contributed by atoms with Crippen molar-refractivity contribution >= 4 is 22.9 Å². The maximum Gasteiger partial charge on any atom is 0.117 e. The molecule has 0 amide bonds. The van der Waals surface area contributed by atoms with Crippen LogP contribution < -0.4 is 0 Å². The predicted octanol–water partition coefficient (Wildman–Crippen LogP) is 3.77. The van der Waals surface area contributed by atoms with E-state index in [9.17, 15) is 5.11 Å². The average Bonchev–Trinajstić information content (AvgIpc) is 2.53. The molecule has 2 aromatic rings. The van der Waals surface area contributed by atoms with Gasteiger partial charge in [-0.15, -0.1) is 0 Å². The smallest absolute Gasteiger partial charge is 0.117 e. The van der Waals surface area contributed by atoms with E-state index in [2.05, 4.69) is 0 Å². The quantitative estimate of drug-likeness (QED) is 0.760. The minimum atomic E-state index is 0.203. The summed E-state index contributed by atoms with van der Waals surface area (Å²) in [4.78, 5) is 0. The third-order valence-electron chi connectivity index (χ3n) is 1.74. The molecule has 0 unspecified atom stereocenters. The first-order chi connectivity index (χ1) is 6.25. The number of benzene rings is 1. The third-order valence-corrected chi connectivity index (χ3v) is 2.64. The highest BCUT2D eigenvalue weighted by Gasteiger charge is 2.01. The van der Waals surface area contributed by atoms with E-state index in [1.807, 2.05) is 22.9 Å². The van der Waals surface area contributed by atoms with E-state index in [0.717, 1.165) is 11.1 Å². The van der Waals surface area contributed by atoms with E-state index >= 15 is 0 Å². The van der Waals surface area contributed by atoms with Crippen molar-refractivity contribution < 1.29 is 5.11 Å². The topological polar surface area (TPSA) is 20.2 Å². The fourth-order valence-corrected chi connectivity index (χ4v) is 2.06. The summed E-state index contributed by atoms with van der Waals surface area (Å²) in [6.07, 6.45) is 0. The molecule has 1 aromatic carbocycles. The first-order valence-electron chi connectivity index (χ1n) is 3.78. The average molecular weight is 211 g/mol. The summed E-state index contributed by atoms with van der Waals surface area (Å²) in [7, 11) is 0. The lowest BCUT2D eigenvalue weighted by atomic mass is 10.1. The van der Waals surface area contributed by atoms with E-state index in [4.69, 9.17) is 11.6 Å². The Labute approximate surface area is 85.2 Å². The molecule has 1 nitrogen and oxygen atoms in total. The van der Waals surface area contributed by atoms with Crippen molar-refractivity contribution in [3.63, 3.8) is 0 Å². The predicted molar refractivity (Wildman–Crippen MR) is 56.4 cm³/mol. The van der Waals surface area contributed by atoms with Gasteiger partial charge in [0, 0.05) is 5.02 Å². The molecule has 1 N–H and O–H groups in total. The molecule has 13 heavy (non-hydrogen) atoms. The lowest BCUT2D eigenvalue weighted by Crippen LogP contribution is -1.73. The van der Waals surface area contributed by atoms with Gasteiger partial charge in [0.05, 0.1) is 0 Å². The van der Waals surface area contributed by atoms with Gasteiger partial charge in [0.1, 0.15) is 5.75 Å². The Balaban J connectivity index is 2.53. The highest BCUT2D eigenvalue weighted by molar-refractivity contribution is 7.08. The van der Waals surface area contributed by atoms with Crippen molar-refractivity contribution in [1.29, 1.82) is 0 Å². The number of aromatic hydroxyl groups is 1. The summed E-state index contributed by atoms with van der Waals surface area (Å²) in [6, 6.07) is 7.06. The van der Waals surface area contributed by atoms with Crippen LogP contribution in [0.2, 0.25) is 5.02 Å². The van der Waals surface area contributed by atoms with E-state index in [1.165, 1.54) is 6.07 Å². The van der Waals surface area contributed by atoms with Crippen LogP contribution in [0.4, 0.5) is 0 Å². The van der Waals surface area contributed by atoms with Crippen LogP contribution in [0.1, 0.15) is 0 Å². The van der Waals surface area contributed by atoms with Gasteiger partial charge in [0.25, 0.3) is 0 Å². The Hall–Kier alpha value is -0.990. The number of halogens is 1. The number of hydrogen-bond donors (Lipinski definition) is 1. The summed E-state index contributed by atoms with van der Waals surface area (Å²) >= 11 is 7.43. The number of thiophene rings is 1. The second-order valence-corrected chi connectivity index (χ2v) is 3.93. The first-order valence-corrected chi connectivity index (χ1v) is 5.10. The van der Waals surface area contributed by atoms with Crippen molar-refractivity contribution in [1.82, 2.24) is 0 Å². The molecular formula is C10H7ClOS. The van der Waals surface area contributed by atoms with E-state index < -0.39 is 0 Å². The minimum Gasteiger partial charge on any atom is -0.508 e. The van der Waals surface area contributed by atoms with Crippen LogP contribution in [0.3, 0.4) is 0 Å². The molecule has 0 aliphatic rings. The molecule has 0 bridgehead atoms. The van der Waals surface area contributed by atoms with Crippen LogP contribution in [-0.4, -0.2) is 5.11 Å². The summed E-state index contributed by atoms with van der Waals surface area (Å²) in [5.74, 6) is 0.203. The number of rotatable bonds is 1. The molecule has 3 heteroatoms. The van der Waals surface area contributed by atoms with Crippen molar-refractivity contribution in [2.45, 2.75) is 0 Å². The van der Waals surface area contributed by atoms with Gasteiger partial charge in [-0.2, -0.15) is 11.3 Å². The second kappa shape index (κ2) is 3.40. The molecule has 0 saturated heterocycles. The van der Waals surface area contributed by atoms with Gasteiger partial charge in [0.15, 0.2) is 0 Å². The van der Waals surface area contributed by atoms with Crippen LogP contribution in [0.5, 0.6) is 5.75 Å². The van der Waals surface area contributed by atoms with Crippen molar-refractivity contribution in [3.05, 3.63) is 40.0 Å². The highest BCUT2D eigenvalue weighted by atomic mass is 35.5. The van der Waals surface area contributed by atoms with E-state index in [-0.39, 0.29) is 5.75 Å². The van der Waals surface area contributed by atoms with Crippen molar-refractivity contribution in [2.75, 3.05) is 0 Å². The molecule has 0 fully saturated rings. The van der Waals surface area contributed by atoms with Gasteiger partial charge in [0.2, 0.25) is 0 Å². The zero-order chi connectivity index (χ0) is 9.26. The molecule has 0 aliphatic heterocycles. The molecule has 0 radical (unpaired) electrons. The van der Waals surface area contributed by atoms with E-state index in [0.29, 0.717) is 5.02 Å². The van der Waals surface area contributed by atoms with Crippen molar-refractivity contribution in [3.8, 4) is 16.9 Å². The summed E-state index contributed by atoms with van der Waals surface area (Å²) in [5.41, 5.74) is 2.04. The Morgan fingerprint density at radius 2 is 2.00 bits per heavy atom. The molecule has 66 valence electrons. The van der Waals surface area contributed by atoms with Gasteiger partial charge >= 0.3 is 0 Å². The van der Waals surface area contributed by atoms with Gasteiger partial charge in [-0.05, 0) is 46.2 Å². The number of phenolic OH excluding ortho intramolecular Hbond substituents is 1. The zero-order valence-corrected chi connectivity index (χ0v) is 8.27. The van der Waals surface area contributed by atoms with Crippen LogP contribution in [0.15, 0.2) is 35.0 Å². The third kappa shape index (κ3) is 1.85. The first kappa shape index (κ1) is 8.60. The summed E-state index contributed by atoms with van der Waals surface area (Å²) in [5, 5.41) is 13.9. The Bertz CT molecular complexity index is 389. The Morgan fingerprint density at radius 1 is 1.15 bits per heavy atom. The standard InChI is InChI=1S/C10H7ClOS/c11-9-3-8(4-10(12)5-9)7-1-2-13-6-7/h1-6,12H. The van der Waals surface area contributed by atoms with Gasteiger partial charge in [-0.1, -0.05) is 11.6 Å². The fourth-order valence-electron chi connectivity index (χ4n) is 1.17. The minimum absolute atomic E-state index is 0.203. The van der Waals surface area contributed by atoms with Crippen molar-refractivity contribution in [2.24, 2.45) is 0 Å². The molecule has 1 heterocycles. The molecule has 0 spiro atoms. The highest BCUT2D eigenvalue weighted by Crippen LogP contribution is 2.28. The van der Waals surface area contributed by atoms with Gasteiger partial charge in [-0.3, -0.25) is 0 Å². The second-order valence-electron chi connectivity index (χ2n) is 2.71. The Kier molecular flexibility index (Phi) is 2.25. The molecule has 0 atom stereocenters. The normalized spacial score (nSPS) is 10.2. The number of hydrogen-bond acceptors (Lipinski definition) is 2.